The zero-order valence-corrected chi connectivity index (χ0v) is 13.0. The van der Waals surface area contributed by atoms with Crippen LogP contribution in [0.1, 0.15) is 13.8 Å². The van der Waals surface area contributed by atoms with Crippen LogP contribution in [0.4, 0.5) is 18.9 Å². The average molecular weight is 327 g/mol. The summed E-state index contributed by atoms with van der Waals surface area (Å²) in [6.07, 6.45) is -3.40. The van der Waals surface area contributed by atoms with Crippen LogP contribution < -0.4 is 10.9 Å². The van der Waals surface area contributed by atoms with Crippen molar-refractivity contribution in [3.63, 3.8) is 0 Å². The lowest BCUT2D eigenvalue weighted by Gasteiger charge is -2.33. The fourth-order valence-corrected chi connectivity index (χ4v) is 1.55. The normalized spacial score (nSPS) is 12.8. The Morgan fingerprint density at radius 1 is 1.38 bits per heavy atom. The van der Waals surface area contributed by atoms with Gasteiger partial charge in [-0.25, -0.2) is 4.68 Å². The van der Waals surface area contributed by atoms with Crippen LogP contribution in [0.25, 0.3) is 0 Å². The third-order valence-electron chi connectivity index (χ3n) is 3.24. The van der Waals surface area contributed by atoms with E-state index in [-0.39, 0.29) is 16.2 Å². The molecular weight excluding hydrogens is 309 g/mol. The first-order valence-corrected chi connectivity index (χ1v) is 6.55. The van der Waals surface area contributed by atoms with E-state index in [0.29, 0.717) is 11.2 Å². The van der Waals surface area contributed by atoms with E-state index in [2.05, 4.69) is 10.4 Å². The quantitative estimate of drug-likeness (QED) is 0.901. The number of halogens is 4. The van der Waals surface area contributed by atoms with Gasteiger partial charge in [-0.3, -0.25) is 4.79 Å². The number of anilines is 1. The molecule has 0 fully saturated rings. The first-order valence-electron chi connectivity index (χ1n) is 6.18. The smallest absolute Gasteiger partial charge is 0.381 e. The van der Waals surface area contributed by atoms with Gasteiger partial charge in [-0.2, -0.15) is 18.3 Å². The van der Waals surface area contributed by atoms with Crippen LogP contribution in [-0.2, 0) is 6.54 Å². The topological polar surface area (TPSA) is 50.2 Å². The van der Waals surface area contributed by atoms with Crippen molar-refractivity contribution in [3.8, 4) is 0 Å². The van der Waals surface area contributed by atoms with Crippen molar-refractivity contribution in [3.05, 3.63) is 21.6 Å². The monoisotopic (exact) mass is 326 g/mol. The van der Waals surface area contributed by atoms with Gasteiger partial charge < -0.3 is 10.2 Å². The molecule has 9 heteroatoms. The molecule has 0 aromatic carbocycles. The van der Waals surface area contributed by atoms with E-state index in [9.17, 15) is 18.0 Å². The molecule has 0 aliphatic heterocycles. The van der Waals surface area contributed by atoms with Crippen LogP contribution in [-0.4, -0.2) is 47.0 Å². The van der Waals surface area contributed by atoms with Gasteiger partial charge in [-0.15, -0.1) is 0 Å². The molecule has 0 spiro atoms. The number of alkyl halides is 3. The van der Waals surface area contributed by atoms with E-state index in [0.717, 1.165) is 6.20 Å². The number of likely N-dealkylation sites (N-methyl/N-ethyl adjacent to an activating group) is 1. The number of aromatic nitrogens is 2. The van der Waals surface area contributed by atoms with Crippen molar-refractivity contribution in [2.75, 3.05) is 26.0 Å². The van der Waals surface area contributed by atoms with Crippen LogP contribution >= 0.6 is 11.6 Å². The lowest BCUT2D eigenvalue weighted by Crippen LogP contribution is -2.44. The molecule has 0 aliphatic carbocycles. The average Bonchev–Trinajstić information content (AvgIpc) is 2.32. The van der Waals surface area contributed by atoms with Gasteiger partial charge in [0.2, 0.25) is 0 Å². The van der Waals surface area contributed by atoms with Crippen LogP contribution in [0.15, 0.2) is 11.0 Å². The zero-order chi connectivity index (χ0) is 16.4. The Kier molecular flexibility index (Phi) is 5.27. The molecule has 1 N–H and O–H groups in total. The minimum absolute atomic E-state index is 0.218. The second-order valence-corrected chi connectivity index (χ2v) is 5.89. The van der Waals surface area contributed by atoms with Crippen LogP contribution in [0, 0.1) is 0 Å². The number of nitrogens with zero attached hydrogens (tertiary/aromatic N) is 3. The molecule has 1 aromatic rings. The highest BCUT2D eigenvalue weighted by Crippen LogP contribution is 2.20. The van der Waals surface area contributed by atoms with E-state index < -0.39 is 18.3 Å². The van der Waals surface area contributed by atoms with Crippen LogP contribution in [0.3, 0.4) is 0 Å². The molecule has 0 amide bonds. The van der Waals surface area contributed by atoms with E-state index in [4.69, 9.17) is 11.6 Å². The third kappa shape index (κ3) is 4.89. The number of hydrogen-bond donors (Lipinski definition) is 1. The van der Waals surface area contributed by atoms with Crippen LogP contribution in [0.5, 0.6) is 0 Å². The van der Waals surface area contributed by atoms with E-state index >= 15 is 0 Å². The molecule has 1 aromatic heterocycles. The van der Waals surface area contributed by atoms with Crippen molar-refractivity contribution < 1.29 is 13.2 Å². The summed E-state index contributed by atoms with van der Waals surface area (Å²) in [7, 11) is 3.78. The molecule has 5 nitrogen and oxygen atoms in total. The van der Waals surface area contributed by atoms with Crippen molar-refractivity contribution in [2.24, 2.45) is 0 Å². The standard InChI is InChI=1S/C12H18ClF3N4O/c1-11(2,19(3)4)6-17-8-5-18-20(7-12(14,15)16)10(21)9(8)13/h5,17H,6-7H2,1-4H3. The van der Waals surface area contributed by atoms with Crippen molar-refractivity contribution in [1.29, 1.82) is 0 Å². The number of rotatable bonds is 5. The molecule has 1 heterocycles. The molecule has 0 saturated carbocycles. The maximum absolute atomic E-state index is 12.3. The zero-order valence-electron chi connectivity index (χ0n) is 12.3. The molecule has 21 heavy (non-hydrogen) atoms. The molecule has 0 radical (unpaired) electrons. The summed E-state index contributed by atoms with van der Waals surface area (Å²) in [4.78, 5) is 13.7. The van der Waals surface area contributed by atoms with Gasteiger partial charge in [0.1, 0.15) is 11.6 Å². The molecular formula is C12H18ClF3N4O. The van der Waals surface area contributed by atoms with Gasteiger partial charge >= 0.3 is 6.18 Å². The molecule has 0 saturated heterocycles. The van der Waals surface area contributed by atoms with Crippen molar-refractivity contribution in [2.45, 2.75) is 32.1 Å². The van der Waals surface area contributed by atoms with E-state index in [1.54, 1.807) is 0 Å². The fourth-order valence-electron chi connectivity index (χ4n) is 1.34. The minimum atomic E-state index is -4.53. The van der Waals surface area contributed by atoms with Gasteiger partial charge in [0.05, 0.1) is 11.9 Å². The molecule has 0 unspecified atom stereocenters. The Balaban J connectivity index is 2.93. The number of nitrogens with one attached hydrogen (secondary N) is 1. The Morgan fingerprint density at radius 2 is 1.95 bits per heavy atom. The highest BCUT2D eigenvalue weighted by Gasteiger charge is 2.30. The highest BCUT2D eigenvalue weighted by molar-refractivity contribution is 6.32. The summed E-state index contributed by atoms with van der Waals surface area (Å²) < 4.78 is 37.1. The van der Waals surface area contributed by atoms with E-state index in [1.807, 2.05) is 32.8 Å². The third-order valence-corrected chi connectivity index (χ3v) is 3.60. The Labute approximate surface area is 125 Å². The summed E-state index contributed by atoms with van der Waals surface area (Å²) >= 11 is 5.82. The predicted octanol–water partition coefficient (Wildman–Crippen LogP) is 2.21. The first-order chi connectivity index (χ1) is 9.44. The SMILES string of the molecule is CN(C)C(C)(C)CNc1cnn(CC(F)(F)F)c(=O)c1Cl. The lowest BCUT2D eigenvalue weighted by molar-refractivity contribution is -0.143. The Hall–Kier alpha value is -1.28. The van der Waals surface area contributed by atoms with Gasteiger partial charge in [0, 0.05) is 12.1 Å². The molecule has 0 atom stereocenters. The summed E-state index contributed by atoms with van der Waals surface area (Å²) in [5.41, 5.74) is -0.985. The largest absolute Gasteiger partial charge is 0.408 e. The van der Waals surface area contributed by atoms with Gasteiger partial charge in [0.25, 0.3) is 5.56 Å². The molecule has 1 rings (SSSR count). The molecule has 0 bridgehead atoms. The minimum Gasteiger partial charge on any atom is -0.381 e. The fraction of sp³-hybridized carbons (Fsp3) is 0.667. The van der Waals surface area contributed by atoms with Crippen molar-refractivity contribution >= 4 is 17.3 Å². The summed E-state index contributed by atoms with van der Waals surface area (Å²) in [5, 5.41) is 6.13. The maximum Gasteiger partial charge on any atom is 0.408 e. The summed E-state index contributed by atoms with van der Waals surface area (Å²) in [6.45, 7) is 2.91. The van der Waals surface area contributed by atoms with E-state index in [1.165, 1.54) is 0 Å². The predicted molar refractivity (Wildman–Crippen MR) is 75.8 cm³/mol. The molecule has 0 aliphatic rings. The maximum atomic E-state index is 12.3. The second-order valence-electron chi connectivity index (χ2n) is 5.51. The van der Waals surface area contributed by atoms with Gasteiger partial charge in [-0.05, 0) is 27.9 Å². The lowest BCUT2D eigenvalue weighted by atomic mass is 10.0. The van der Waals surface area contributed by atoms with Gasteiger partial charge in [0.15, 0.2) is 0 Å². The van der Waals surface area contributed by atoms with Crippen molar-refractivity contribution in [1.82, 2.24) is 14.7 Å². The summed E-state index contributed by atoms with van der Waals surface area (Å²) in [6, 6.07) is 0. The second kappa shape index (κ2) is 6.23. The highest BCUT2D eigenvalue weighted by atomic mass is 35.5. The Bertz CT molecular complexity index is 554. The van der Waals surface area contributed by atoms with Gasteiger partial charge in [-0.1, -0.05) is 11.6 Å². The van der Waals surface area contributed by atoms with Crippen LogP contribution in [0.2, 0.25) is 5.02 Å². The Morgan fingerprint density at radius 3 is 2.43 bits per heavy atom. The molecule has 120 valence electrons. The summed E-state index contributed by atoms with van der Waals surface area (Å²) in [5.74, 6) is 0. The number of hydrogen-bond acceptors (Lipinski definition) is 4. The first kappa shape index (κ1) is 17.8.